The number of hydrogen-bond acceptors (Lipinski definition) is 5. The van der Waals surface area contributed by atoms with Gasteiger partial charge < -0.3 is 14.7 Å². The molecule has 0 amide bonds. The van der Waals surface area contributed by atoms with Crippen molar-refractivity contribution in [2.45, 2.75) is 0 Å². The van der Waals surface area contributed by atoms with Gasteiger partial charge in [0.15, 0.2) is 67.4 Å². The second kappa shape index (κ2) is 8.28. The third-order valence-corrected chi connectivity index (χ3v) is 6.21. The number of rotatable bonds is 4. The van der Waals surface area contributed by atoms with Crippen LogP contribution in [-0.4, -0.2) is 23.1 Å². The monoisotopic (exact) mass is 466 g/mol. The summed E-state index contributed by atoms with van der Waals surface area (Å²) in [5, 5.41) is 0. The largest absolute Gasteiger partial charge is 0.473 e. The van der Waals surface area contributed by atoms with Crippen LogP contribution in [0.1, 0.15) is 0 Å². The molecule has 0 unspecified atom stereocenters. The van der Waals surface area contributed by atoms with Crippen molar-refractivity contribution in [3.63, 3.8) is 0 Å². The fourth-order valence-corrected chi connectivity index (χ4v) is 5.96. The van der Waals surface area contributed by atoms with Gasteiger partial charge in [0.1, 0.15) is 0 Å². The highest BCUT2D eigenvalue weighted by Gasteiger charge is 2.51. The molecule has 8 nitrogen and oxygen atoms in total. The third-order valence-electron chi connectivity index (χ3n) is 0.352. The molecule has 0 aliphatic heterocycles. The van der Waals surface area contributed by atoms with Crippen LogP contribution in [0.3, 0.4) is 0 Å². The van der Waals surface area contributed by atoms with Gasteiger partial charge in [-0.2, -0.15) is 8.42 Å². The van der Waals surface area contributed by atoms with Crippen LogP contribution in [0.4, 0.5) is 0 Å². The Morgan fingerprint density at radius 2 is 1.00 bits per heavy atom. The number of halogens is 6. The maximum atomic E-state index is 10.8. The van der Waals surface area contributed by atoms with Crippen molar-refractivity contribution in [1.82, 2.24) is 0 Å². The minimum absolute atomic E-state index is 3.58. The Hall–Kier alpha value is 2.58. The molecule has 0 aromatic carbocycles. The van der Waals surface area contributed by atoms with Crippen molar-refractivity contribution in [3.05, 3.63) is 0 Å². The highest BCUT2D eigenvalue weighted by Crippen LogP contribution is 2.79. The third kappa shape index (κ3) is 27.0. The Bertz CT molecular complexity index is 356. The van der Waals surface area contributed by atoms with E-state index in [9.17, 15) is 8.42 Å². The summed E-state index contributed by atoms with van der Waals surface area (Å²) in [6, 6.07) is 0. The second-order valence-corrected chi connectivity index (χ2v) is 18.2. The smallest absolute Gasteiger partial charge is 0.303 e. The Balaban J connectivity index is 0. The molecule has 0 fully saturated rings. The van der Waals surface area contributed by atoms with Crippen LogP contribution >= 0.6 is 86.4 Å². The maximum absolute atomic E-state index is 10.8. The summed E-state index contributed by atoms with van der Waals surface area (Å²) in [5.41, 5.74) is -7.16. The number of phosphoric acid groups is 1. The van der Waals surface area contributed by atoms with Gasteiger partial charge in [-0.25, -0.2) is 4.57 Å². The lowest BCUT2D eigenvalue weighted by molar-refractivity contribution is 0.275. The lowest BCUT2D eigenvalue weighted by Gasteiger charge is -2.00. The minimum Gasteiger partial charge on any atom is -0.303 e. The summed E-state index contributed by atoms with van der Waals surface area (Å²) in [6.45, 7) is 0. The molecule has 0 aliphatic rings. The van der Waals surface area contributed by atoms with E-state index < -0.39 is 29.3 Å². The lowest BCUT2D eigenvalue weighted by Crippen LogP contribution is -2.02. The van der Waals surface area contributed by atoms with Crippen LogP contribution < -0.4 is 0 Å². The van der Waals surface area contributed by atoms with Gasteiger partial charge >= 0.3 is 29.3 Å². The molecule has 0 saturated carbocycles. The summed E-state index contributed by atoms with van der Waals surface area (Å²) >= 11 is 30.5. The summed E-state index contributed by atoms with van der Waals surface area (Å²) < 4.78 is 38.3. The Kier molecular flexibility index (Phi) is 10.5. The van der Waals surface area contributed by atoms with Crippen molar-refractivity contribution < 1.29 is 35.6 Å². The molecule has 18 heteroatoms. The molecule has 0 aliphatic carbocycles. The highest BCUT2D eigenvalue weighted by atomic mass is 36.1. The first-order valence-electron chi connectivity index (χ1n) is 2.83. The molecule has 0 radical (unpaired) electrons. The fraction of sp³-hybridized carbons (Fsp3) is 0. The highest BCUT2D eigenvalue weighted by molar-refractivity contribution is 8.34. The molecule has 18 heavy (non-hydrogen) atoms. The first kappa shape index (κ1) is 22.9. The van der Waals surface area contributed by atoms with Crippen LogP contribution in [0.25, 0.3) is 0 Å². The quantitative estimate of drug-likeness (QED) is 0.525. The normalized spacial score (nSPS) is 13.8. The van der Waals surface area contributed by atoms with E-state index in [2.05, 4.69) is 7.94 Å². The van der Waals surface area contributed by atoms with E-state index in [1.54, 1.807) is 0 Å². The topological polar surface area (TPSA) is 130 Å². The van der Waals surface area contributed by atoms with E-state index in [0.29, 0.717) is 0 Å². The average molecular weight is 469 g/mol. The zero-order chi connectivity index (χ0) is 15.4. The first-order valence-corrected chi connectivity index (χ1v) is 14.6. The van der Waals surface area contributed by atoms with E-state index >= 15 is 0 Å². The van der Waals surface area contributed by atoms with Crippen LogP contribution in [-0.2, 0) is 22.9 Å². The molecule has 3 N–H and O–H groups in total. The lowest BCUT2D eigenvalue weighted by atomic mass is 15.8. The second-order valence-electron chi connectivity index (χ2n) is 1.87. The van der Waals surface area contributed by atoms with Gasteiger partial charge in [-0.3, -0.25) is 0 Å². The van der Waals surface area contributed by atoms with E-state index in [1.165, 1.54) is 0 Å². The van der Waals surface area contributed by atoms with Crippen molar-refractivity contribution in [3.8, 4) is 0 Å². The number of hydrogen-bond donors (Lipinski definition) is 3. The summed E-state index contributed by atoms with van der Waals surface area (Å²) in [6.07, 6.45) is 0. The molecule has 0 heterocycles. The van der Waals surface area contributed by atoms with E-state index in [4.69, 9.17) is 86.7 Å². The Morgan fingerprint density at radius 3 is 1.11 bits per heavy atom. The molecule has 0 spiro atoms. The average Bonchev–Trinajstić information content (AvgIpc) is 1.64. The predicted octanol–water partition coefficient (Wildman–Crippen LogP) is 4.12. The zero-order valence-corrected chi connectivity index (χ0v) is 15.4. The summed E-state index contributed by atoms with van der Waals surface area (Å²) in [4.78, 5) is 21.6. The van der Waals surface area contributed by atoms with Gasteiger partial charge in [0.2, 0.25) is 0 Å². The first-order chi connectivity index (χ1) is 7.41. The van der Waals surface area contributed by atoms with Gasteiger partial charge in [0.25, 0.3) is 0 Å². The summed E-state index contributed by atoms with van der Waals surface area (Å²) in [7, 11) is -9.23. The molecule has 0 bridgehead atoms. The van der Waals surface area contributed by atoms with Gasteiger partial charge in [0.05, 0.1) is 0 Å². The predicted molar refractivity (Wildman–Crippen MR) is 74.3 cm³/mol. The van der Waals surface area contributed by atoms with Crippen LogP contribution in [0.5, 0.6) is 0 Å². The van der Waals surface area contributed by atoms with Crippen molar-refractivity contribution in [2.24, 2.45) is 0 Å². The molecule has 0 saturated heterocycles. The van der Waals surface area contributed by atoms with Gasteiger partial charge in [-0.05, 0) is 7.94 Å². The molecule has 0 rings (SSSR count). The van der Waals surface area contributed by atoms with Crippen molar-refractivity contribution in [2.75, 3.05) is 0 Å². The van der Waals surface area contributed by atoms with E-state index in [1.807, 2.05) is 0 Å². The van der Waals surface area contributed by atoms with Crippen molar-refractivity contribution >= 4 is 96.8 Å². The van der Waals surface area contributed by atoms with Gasteiger partial charge in [-0.1, -0.05) is 0 Å². The standard InChI is InChI=1S/Cl6O4P2S.H3O4P/c1-11(2,3)9-13(7,8)10-12(4,5)6;1-5(2,3)4/h;(H3,1,2,3,4)/q+2;. The van der Waals surface area contributed by atoms with Gasteiger partial charge in [0, 0.05) is 0 Å². The van der Waals surface area contributed by atoms with E-state index in [-0.39, 0.29) is 0 Å². The van der Waals surface area contributed by atoms with E-state index in [0.717, 1.165) is 0 Å². The van der Waals surface area contributed by atoms with Crippen molar-refractivity contribution in [1.29, 1.82) is 0 Å². The van der Waals surface area contributed by atoms with Crippen LogP contribution in [0.15, 0.2) is 0 Å². The minimum atomic E-state index is -4.64. The Labute approximate surface area is 131 Å². The molecular weight excluding hydrogens is 466 g/mol. The molecule has 0 atom stereocenters. The molecule has 0 aromatic rings. The molecule has 0 aromatic heterocycles. The molecular formula is H3Cl6O8P3S+2. The summed E-state index contributed by atoms with van der Waals surface area (Å²) in [5.74, 6) is 0. The van der Waals surface area contributed by atoms with Crippen LogP contribution in [0, 0.1) is 0 Å². The Morgan fingerprint density at radius 1 is 0.833 bits per heavy atom. The van der Waals surface area contributed by atoms with Gasteiger partial charge in [-0.15, -0.1) is 0 Å². The SMILES string of the molecule is O=P(O)(O)O.O=S(=O)(O[P+](Cl)(Cl)Cl)O[P+](Cl)(Cl)Cl. The zero-order valence-electron chi connectivity index (χ0n) is 7.40. The maximum Gasteiger partial charge on any atom is 0.473 e. The fourth-order valence-electron chi connectivity index (χ4n) is 0.221. The molecule has 112 valence electrons. The van der Waals surface area contributed by atoms with Crippen LogP contribution in [0.2, 0.25) is 0 Å².